The molecule has 4 aliphatic rings. The minimum absolute atomic E-state index is 0.00601. The van der Waals surface area contributed by atoms with E-state index in [9.17, 15) is 4.79 Å². The van der Waals surface area contributed by atoms with Gasteiger partial charge >= 0.3 is 5.97 Å². The van der Waals surface area contributed by atoms with Gasteiger partial charge in [-0.15, -0.1) is 0 Å². The molecular weight excluding hydrogens is 1390 g/mol. The van der Waals surface area contributed by atoms with Crippen LogP contribution < -0.4 is 0 Å². The molecular formula is C83H82Cl3NO17. The Morgan fingerprint density at radius 3 is 1.12 bits per heavy atom. The second-order valence-electron chi connectivity index (χ2n) is 25.5. The van der Waals surface area contributed by atoms with Gasteiger partial charge in [0.05, 0.1) is 71.6 Å². The molecule has 0 aromatic heterocycles. The number of fused-ring (bicyclic) bond motifs is 1. The van der Waals surface area contributed by atoms with Crippen LogP contribution in [0.1, 0.15) is 61.2 Å². The molecule has 9 aromatic carbocycles. The molecule has 18 nitrogen and oxygen atoms in total. The van der Waals surface area contributed by atoms with E-state index in [-0.39, 0.29) is 71.6 Å². The molecule has 542 valence electrons. The third-order valence-electron chi connectivity index (χ3n) is 18.1. The molecule has 4 heterocycles. The van der Waals surface area contributed by atoms with Crippen molar-refractivity contribution in [1.29, 1.82) is 5.41 Å². The fourth-order valence-electron chi connectivity index (χ4n) is 12.9. The first kappa shape index (κ1) is 74.5. The van der Waals surface area contributed by atoms with Crippen molar-refractivity contribution in [3.05, 3.63) is 323 Å². The van der Waals surface area contributed by atoms with Crippen molar-refractivity contribution in [1.82, 2.24) is 0 Å². The fraction of sp³-hybridized carbons (Fsp3) is 0.325. The van der Waals surface area contributed by atoms with E-state index in [2.05, 4.69) is 0 Å². The van der Waals surface area contributed by atoms with Crippen molar-refractivity contribution < 1.29 is 80.6 Å². The Morgan fingerprint density at radius 1 is 0.365 bits per heavy atom. The second-order valence-corrected chi connectivity index (χ2v) is 27.8. The Bertz CT molecular complexity index is 4000. The minimum atomic E-state index is -2.40. The van der Waals surface area contributed by atoms with Gasteiger partial charge < -0.3 is 75.8 Å². The zero-order chi connectivity index (χ0) is 71.3. The number of alkyl halides is 3. The van der Waals surface area contributed by atoms with Gasteiger partial charge in [0, 0.05) is 5.56 Å². The van der Waals surface area contributed by atoms with Crippen LogP contribution in [0.5, 0.6) is 0 Å². The standard InChI is InChI=1S/C83H82Cl3NO17/c84-83(85,86)82(87)104-81-76(100-77(88)63-42-24-8-25-43-63)73(93-50-60-36-18-5-19-37-60)69(66(98-81)54-90-47-57-30-12-2-13-31-57)103-79-74(94-51-61-38-20-6-21-39-61)71(91-48-58-32-14-3-15-33-58)68(65(97-79)53-89-46-56-28-10-1-11-29-56)102-80-75(95-52-62-40-22-7-23-41-62)72(92-49-59-34-16-4-17-35-59)70-67(99-80)55-96-78(101-70)64-44-26-9-27-45-64/h1-45,65-76,78-81,87H,46-55H2/t65-,66-,67-,68-,69-,70-,71+,72+,73+,74+,75+,76-,78-,79+,80+,81?/m1/s1. The van der Waals surface area contributed by atoms with Gasteiger partial charge in [0.1, 0.15) is 67.1 Å². The number of halogens is 3. The number of esters is 1. The third kappa shape index (κ3) is 20.4. The van der Waals surface area contributed by atoms with Gasteiger partial charge in [0.2, 0.25) is 12.2 Å². The van der Waals surface area contributed by atoms with Crippen LogP contribution >= 0.6 is 34.8 Å². The molecule has 21 heteroatoms. The highest BCUT2D eigenvalue weighted by Crippen LogP contribution is 2.42. The molecule has 0 spiro atoms. The molecule has 0 bridgehead atoms. The van der Waals surface area contributed by atoms with Crippen LogP contribution in [0.15, 0.2) is 273 Å². The van der Waals surface area contributed by atoms with Gasteiger partial charge in [-0.2, -0.15) is 0 Å². The summed E-state index contributed by atoms with van der Waals surface area (Å²) in [5.74, 6) is -1.62. The Kier molecular flexibility index (Phi) is 26.8. The van der Waals surface area contributed by atoms with Crippen LogP contribution in [0.4, 0.5) is 0 Å². The van der Waals surface area contributed by atoms with E-state index >= 15 is 0 Å². The van der Waals surface area contributed by atoms with Gasteiger partial charge in [-0.1, -0.05) is 296 Å². The van der Waals surface area contributed by atoms with Gasteiger partial charge in [0.25, 0.3) is 3.79 Å². The first-order valence-corrected chi connectivity index (χ1v) is 35.8. The highest BCUT2D eigenvalue weighted by Gasteiger charge is 2.59. The van der Waals surface area contributed by atoms with Crippen LogP contribution in [-0.2, 0) is 122 Å². The van der Waals surface area contributed by atoms with E-state index in [1.165, 1.54) is 0 Å². The molecule has 0 aliphatic carbocycles. The van der Waals surface area contributed by atoms with E-state index in [1.54, 1.807) is 30.3 Å². The maximum atomic E-state index is 14.7. The number of carbonyl (C=O) groups is 1. The first-order valence-electron chi connectivity index (χ1n) is 34.7. The normalized spacial score (nSPS) is 26.2. The lowest BCUT2D eigenvalue weighted by Crippen LogP contribution is -2.68. The predicted molar refractivity (Wildman–Crippen MR) is 388 cm³/mol. The molecule has 16 atom stereocenters. The van der Waals surface area contributed by atoms with Crippen molar-refractivity contribution >= 4 is 46.7 Å². The Balaban J connectivity index is 0.939. The van der Waals surface area contributed by atoms with Crippen LogP contribution in [0, 0.1) is 5.41 Å². The summed E-state index contributed by atoms with van der Waals surface area (Å²) in [4.78, 5) is 14.7. The van der Waals surface area contributed by atoms with Crippen molar-refractivity contribution in [3.8, 4) is 0 Å². The third-order valence-corrected chi connectivity index (χ3v) is 18.6. The largest absolute Gasteiger partial charge is 0.449 e. The summed E-state index contributed by atoms with van der Waals surface area (Å²) >= 11 is 19.2. The molecule has 1 N–H and O–H groups in total. The molecule has 0 radical (unpaired) electrons. The van der Waals surface area contributed by atoms with Crippen LogP contribution in [0.25, 0.3) is 0 Å². The van der Waals surface area contributed by atoms with Crippen molar-refractivity contribution in [2.45, 2.75) is 148 Å². The maximum absolute atomic E-state index is 14.7. The average molecular weight is 1470 g/mol. The summed E-state index contributed by atoms with van der Waals surface area (Å²) in [5.41, 5.74) is 6.93. The molecule has 104 heavy (non-hydrogen) atoms. The number of ether oxygens (including phenoxy) is 16. The Hall–Kier alpha value is -7.77. The number of rotatable bonds is 31. The van der Waals surface area contributed by atoms with Gasteiger partial charge in [-0.25, -0.2) is 4.79 Å². The van der Waals surface area contributed by atoms with Crippen molar-refractivity contribution in [3.63, 3.8) is 0 Å². The SMILES string of the molecule is N=C(OC1O[C@H](COCc2ccccc2)[C@@H](O[C@@H]2O[C@H](COCc3ccccc3)[C@@H](O[C@@H]3O[C@@H]4CO[C@@H](c5ccccc5)O[C@H]4[C@H](OCc4ccccc4)[C@@H]3OCc3ccccc3)[C@H](OCc3ccccc3)[C@@H]2OCc2ccccc2)[C@H](OCc2ccccc2)[C@H]1OC(=O)c1ccccc1)C(Cl)(Cl)Cl. The second kappa shape index (κ2) is 37.5. The monoisotopic (exact) mass is 1470 g/mol. The number of hydrogen-bond donors (Lipinski definition) is 1. The smallest absolute Gasteiger partial charge is 0.338 e. The van der Waals surface area contributed by atoms with Crippen molar-refractivity contribution in [2.24, 2.45) is 0 Å². The van der Waals surface area contributed by atoms with E-state index in [4.69, 9.17) is 116 Å². The summed E-state index contributed by atoms with van der Waals surface area (Å²) < 4.78 is 111. The topological polar surface area (TPSA) is 189 Å². The van der Waals surface area contributed by atoms with Crippen molar-refractivity contribution in [2.75, 3.05) is 19.8 Å². The number of nitrogens with one attached hydrogen (secondary N) is 1. The highest BCUT2D eigenvalue weighted by atomic mass is 35.6. The molecule has 4 fully saturated rings. The number of benzene rings is 9. The van der Waals surface area contributed by atoms with E-state index in [0.29, 0.717) is 0 Å². The highest BCUT2D eigenvalue weighted by molar-refractivity contribution is 6.76. The summed E-state index contributed by atoms with van der Waals surface area (Å²) in [6.07, 6.45) is -18.8. The van der Waals surface area contributed by atoms with Crippen LogP contribution in [0.3, 0.4) is 0 Å². The number of carbonyl (C=O) groups excluding carboxylic acids is 1. The molecule has 9 aromatic rings. The minimum Gasteiger partial charge on any atom is -0.449 e. The zero-order valence-corrected chi connectivity index (χ0v) is 59.1. The summed E-state index contributed by atoms with van der Waals surface area (Å²) in [6.45, 7) is 0.301. The van der Waals surface area contributed by atoms with Crippen LogP contribution in [0.2, 0.25) is 0 Å². The quantitative estimate of drug-likeness (QED) is 0.0187. The van der Waals surface area contributed by atoms with E-state index in [0.717, 1.165) is 44.5 Å². The lowest BCUT2D eigenvalue weighted by molar-refractivity contribution is -0.404. The van der Waals surface area contributed by atoms with E-state index in [1.807, 2.05) is 243 Å². The van der Waals surface area contributed by atoms with Crippen LogP contribution in [-0.4, -0.2) is 128 Å². The van der Waals surface area contributed by atoms with E-state index < -0.39 is 114 Å². The number of hydrogen-bond acceptors (Lipinski definition) is 18. The lowest BCUT2D eigenvalue weighted by Gasteiger charge is -2.52. The van der Waals surface area contributed by atoms with Gasteiger partial charge in [-0.3, -0.25) is 5.41 Å². The predicted octanol–water partition coefficient (Wildman–Crippen LogP) is 15.0. The summed E-state index contributed by atoms with van der Waals surface area (Å²) in [6, 6.07) is 86.0. The molecule has 1 unspecified atom stereocenters. The molecule has 0 amide bonds. The summed E-state index contributed by atoms with van der Waals surface area (Å²) in [5, 5.41) is 8.97. The zero-order valence-electron chi connectivity index (χ0n) is 56.9. The fourth-order valence-corrected chi connectivity index (χ4v) is 13.0. The molecule has 13 rings (SSSR count). The molecule has 4 aliphatic heterocycles. The maximum Gasteiger partial charge on any atom is 0.338 e. The Morgan fingerprint density at radius 2 is 0.702 bits per heavy atom. The first-order chi connectivity index (χ1) is 51.0. The van der Waals surface area contributed by atoms with Gasteiger partial charge in [0.15, 0.2) is 25.0 Å². The molecule has 4 saturated heterocycles. The van der Waals surface area contributed by atoms with Gasteiger partial charge in [-0.05, 0) is 51.1 Å². The average Bonchev–Trinajstić information content (AvgIpc) is 0.751. The Labute approximate surface area is 620 Å². The molecule has 0 saturated carbocycles. The summed E-state index contributed by atoms with van der Waals surface area (Å²) in [7, 11) is 0. The lowest BCUT2D eigenvalue weighted by atomic mass is 9.94.